The van der Waals surface area contributed by atoms with E-state index in [2.05, 4.69) is 14.9 Å². The van der Waals surface area contributed by atoms with E-state index in [9.17, 15) is 17.2 Å². The van der Waals surface area contributed by atoms with Crippen molar-refractivity contribution in [1.29, 1.82) is 0 Å². The maximum atomic E-state index is 12.9. The van der Waals surface area contributed by atoms with Gasteiger partial charge in [0.1, 0.15) is 4.90 Å². The van der Waals surface area contributed by atoms with E-state index in [-0.39, 0.29) is 22.8 Å². The van der Waals surface area contributed by atoms with Crippen molar-refractivity contribution in [2.24, 2.45) is 0 Å². The normalized spacial score (nSPS) is 12.0. The summed E-state index contributed by atoms with van der Waals surface area (Å²) < 4.78 is 55.7. The molecule has 0 aliphatic heterocycles. The molecule has 0 fully saturated rings. The molecule has 1 N–H and O–H groups in total. The van der Waals surface area contributed by atoms with Gasteiger partial charge in [-0.3, -0.25) is 0 Å². The summed E-state index contributed by atoms with van der Waals surface area (Å²) in [6.45, 7) is -0.230. The van der Waals surface area contributed by atoms with Crippen LogP contribution in [0.15, 0.2) is 47.6 Å². The van der Waals surface area contributed by atoms with E-state index in [0.29, 0.717) is 10.2 Å². The van der Waals surface area contributed by atoms with Crippen LogP contribution in [0.5, 0.6) is 0 Å². The van der Waals surface area contributed by atoms with Crippen LogP contribution in [0.2, 0.25) is 0 Å². The number of hydrogen-bond acceptors (Lipinski definition) is 4. The molecule has 0 bridgehead atoms. The van der Waals surface area contributed by atoms with Gasteiger partial charge in [-0.05, 0) is 31.5 Å². The van der Waals surface area contributed by atoms with Gasteiger partial charge in [0.15, 0.2) is 0 Å². The summed E-state index contributed by atoms with van der Waals surface area (Å²) in [5.74, 6) is 0. The van der Waals surface area contributed by atoms with Crippen LogP contribution >= 0.6 is 0 Å². The molecule has 7 nitrogen and oxygen atoms in total. The second kappa shape index (κ2) is 6.96. The molecule has 3 aromatic rings. The summed E-state index contributed by atoms with van der Waals surface area (Å²) in [7, 11) is -4.01. The number of rotatable bonds is 6. The summed E-state index contributed by atoms with van der Waals surface area (Å²) in [6.07, 6.45) is 3.36. The predicted molar refractivity (Wildman–Crippen MR) is 90.5 cm³/mol. The molecule has 0 saturated carbocycles. The van der Waals surface area contributed by atoms with Gasteiger partial charge in [-0.15, -0.1) is 0 Å². The van der Waals surface area contributed by atoms with E-state index in [0.717, 1.165) is 5.69 Å². The van der Waals surface area contributed by atoms with E-state index in [1.54, 1.807) is 35.3 Å². The van der Waals surface area contributed by atoms with Gasteiger partial charge in [0.2, 0.25) is 10.0 Å². The lowest BCUT2D eigenvalue weighted by molar-refractivity contribution is 0.0538. The second-order valence-corrected chi connectivity index (χ2v) is 7.33. The minimum absolute atomic E-state index is 0.0168. The zero-order chi connectivity index (χ0) is 18.9. The topological polar surface area (TPSA) is 81.8 Å². The Morgan fingerprint density at radius 3 is 2.54 bits per heavy atom. The van der Waals surface area contributed by atoms with Crippen molar-refractivity contribution in [3.8, 4) is 5.69 Å². The molecule has 0 aliphatic carbocycles. The van der Waals surface area contributed by atoms with Crippen molar-refractivity contribution >= 4 is 10.0 Å². The maximum absolute atomic E-state index is 12.9. The van der Waals surface area contributed by atoms with Gasteiger partial charge < -0.3 is 0 Å². The Labute approximate surface area is 149 Å². The molecule has 138 valence electrons. The van der Waals surface area contributed by atoms with Gasteiger partial charge in [-0.2, -0.15) is 19.0 Å². The van der Waals surface area contributed by atoms with Crippen molar-refractivity contribution in [3.63, 3.8) is 0 Å². The molecular formula is C16H17F2N5O2S. The Hall–Kier alpha value is -2.59. The van der Waals surface area contributed by atoms with Gasteiger partial charge >= 0.3 is 6.55 Å². The molecule has 0 atom stereocenters. The first-order valence-corrected chi connectivity index (χ1v) is 9.21. The highest BCUT2D eigenvalue weighted by atomic mass is 32.2. The van der Waals surface area contributed by atoms with Crippen LogP contribution in [-0.2, 0) is 16.6 Å². The molecule has 2 heterocycles. The number of halogens is 2. The third kappa shape index (κ3) is 3.37. The van der Waals surface area contributed by atoms with Crippen molar-refractivity contribution in [3.05, 3.63) is 59.7 Å². The lowest BCUT2D eigenvalue weighted by Gasteiger charge is -2.11. The smallest absolute Gasteiger partial charge is 0.241 e. The Kier molecular flexibility index (Phi) is 4.88. The van der Waals surface area contributed by atoms with E-state index in [1.807, 2.05) is 12.1 Å². The van der Waals surface area contributed by atoms with Crippen LogP contribution in [-0.4, -0.2) is 28.0 Å². The summed E-state index contributed by atoms with van der Waals surface area (Å²) in [4.78, 5) is -0.227. The third-order valence-electron chi connectivity index (χ3n) is 3.91. The quantitative estimate of drug-likeness (QED) is 0.711. The van der Waals surface area contributed by atoms with Gasteiger partial charge in [0.05, 0.1) is 17.1 Å². The van der Waals surface area contributed by atoms with Crippen LogP contribution in [0, 0.1) is 13.8 Å². The van der Waals surface area contributed by atoms with E-state index in [1.165, 1.54) is 13.8 Å². The van der Waals surface area contributed by atoms with Gasteiger partial charge in [-0.1, -0.05) is 18.2 Å². The average Bonchev–Trinajstić information content (AvgIpc) is 3.21. The van der Waals surface area contributed by atoms with Crippen molar-refractivity contribution < 1.29 is 17.2 Å². The van der Waals surface area contributed by atoms with Crippen molar-refractivity contribution in [2.75, 3.05) is 0 Å². The number of hydrogen-bond donors (Lipinski definition) is 1. The number of nitrogens with one attached hydrogen (secondary N) is 1. The monoisotopic (exact) mass is 381 g/mol. The molecular weight excluding hydrogens is 364 g/mol. The minimum Gasteiger partial charge on any atom is -0.241 e. The standard InChI is InChI=1S/C16H17F2N5O2S/c1-11-15(12(2)23(21-11)16(17)18)26(24,25)20-10-13-6-3-4-7-14(13)22-9-5-8-19-22/h3-9,16,20H,10H2,1-2H3. The Morgan fingerprint density at radius 2 is 1.92 bits per heavy atom. The lowest BCUT2D eigenvalue weighted by atomic mass is 10.2. The van der Waals surface area contributed by atoms with E-state index >= 15 is 0 Å². The highest BCUT2D eigenvalue weighted by molar-refractivity contribution is 7.89. The number of para-hydroxylation sites is 1. The molecule has 2 aromatic heterocycles. The molecule has 1 aromatic carbocycles. The molecule has 0 radical (unpaired) electrons. The summed E-state index contributed by atoms with van der Waals surface area (Å²) in [6, 6.07) is 8.92. The Balaban J connectivity index is 1.89. The summed E-state index contributed by atoms with van der Waals surface area (Å²) in [5, 5.41) is 7.77. The number of sulfonamides is 1. The van der Waals surface area contributed by atoms with Crippen molar-refractivity contribution in [1.82, 2.24) is 24.3 Å². The second-order valence-electron chi connectivity index (χ2n) is 5.63. The van der Waals surface area contributed by atoms with Crippen LogP contribution in [0.1, 0.15) is 23.5 Å². The minimum atomic E-state index is -4.01. The van der Waals surface area contributed by atoms with Crippen LogP contribution in [0.3, 0.4) is 0 Å². The fraction of sp³-hybridized carbons (Fsp3) is 0.250. The fourth-order valence-electron chi connectivity index (χ4n) is 2.77. The fourth-order valence-corrected chi connectivity index (χ4v) is 4.17. The van der Waals surface area contributed by atoms with E-state index < -0.39 is 16.6 Å². The number of aromatic nitrogens is 4. The van der Waals surface area contributed by atoms with Crippen LogP contribution in [0.25, 0.3) is 5.69 Å². The third-order valence-corrected chi connectivity index (χ3v) is 5.56. The molecule has 3 rings (SSSR count). The van der Waals surface area contributed by atoms with E-state index in [4.69, 9.17) is 0 Å². The number of alkyl halides is 2. The first kappa shape index (κ1) is 18.2. The zero-order valence-electron chi connectivity index (χ0n) is 14.1. The van der Waals surface area contributed by atoms with Crippen LogP contribution in [0.4, 0.5) is 8.78 Å². The first-order chi connectivity index (χ1) is 12.3. The molecule has 0 spiro atoms. The molecule has 0 unspecified atom stereocenters. The number of benzene rings is 1. The maximum Gasteiger partial charge on any atom is 0.333 e. The van der Waals surface area contributed by atoms with Gasteiger partial charge in [-0.25, -0.2) is 22.5 Å². The first-order valence-electron chi connectivity index (χ1n) is 7.72. The molecule has 0 saturated heterocycles. The molecule has 26 heavy (non-hydrogen) atoms. The summed E-state index contributed by atoms with van der Waals surface area (Å²) in [5.41, 5.74) is 1.33. The predicted octanol–water partition coefficient (Wildman–Crippen LogP) is 2.56. The van der Waals surface area contributed by atoms with Gasteiger partial charge in [0.25, 0.3) is 0 Å². The van der Waals surface area contributed by atoms with Gasteiger partial charge in [0, 0.05) is 18.9 Å². The number of nitrogens with zero attached hydrogens (tertiary/aromatic N) is 4. The molecule has 10 heteroatoms. The Bertz CT molecular complexity index is 1010. The SMILES string of the molecule is Cc1nn(C(F)F)c(C)c1S(=O)(=O)NCc1ccccc1-n1cccn1. The highest BCUT2D eigenvalue weighted by Gasteiger charge is 2.27. The Morgan fingerprint density at radius 1 is 1.19 bits per heavy atom. The summed E-state index contributed by atoms with van der Waals surface area (Å²) >= 11 is 0. The molecule has 0 aliphatic rings. The largest absolute Gasteiger partial charge is 0.333 e. The molecule has 0 amide bonds. The zero-order valence-corrected chi connectivity index (χ0v) is 14.9. The van der Waals surface area contributed by atoms with Crippen molar-refractivity contribution in [2.45, 2.75) is 31.8 Å². The lowest BCUT2D eigenvalue weighted by Crippen LogP contribution is -2.25. The number of aryl methyl sites for hydroxylation is 1. The highest BCUT2D eigenvalue weighted by Crippen LogP contribution is 2.24. The van der Waals surface area contributed by atoms with Crippen LogP contribution < -0.4 is 4.72 Å². The average molecular weight is 381 g/mol.